The lowest BCUT2D eigenvalue weighted by Gasteiger charge is -2.37. The van der Waals surface area contributed by atoms with Gasteiger partial charge in [-0.2, -0.15) is 0 Å². The van der Waals surface area contributed by atoms with E-state index in [2.05, 4.69) is 0 Å². The van der Waals surface area contributed by atoms with E-state index in [0.717, 1.165) is 22.4 Å². The molecular formula is C39H44N4O7Si. The number of hydrogen-bond acceptors (Lipinski definition) is 7. The molecule has 8 rings (SSSR count). The van der Waals surface area contributed by atoms with Gasteiger partial charge in [-0.05, 0) is 66.5 Å². The molecule has 3 saturated heterocycles. The molecule has 5 aliphatic heterocycles. The first-order valence-electron chi connectivity index (χ1n) is 17.9. The predicted molar refractivity (Wildman–Crippen MR) is 193 cm³/mol. The van der Waals surface area contributed by atoms with Gasteiger partial charge in [-0.1, -0.05) is 43.3 Å². The van der Waals surface area contributed by atoms with Gasteiger partial charge < -0.3 is 34.2 Å². The number of aliphatic hydroxyl groups excluding tert-OH is 1. The Labute approximate surface area is 298 Å². The second kappa shape index (κ2) is 12.4. The van der Waals surface area contributed by atoms with Gasteiger partial charge in [0.2, 0.25) is 17.7 Å². The molecule has 0 aliphatic carbocycles. The van der Waals surface area contributed by atoms with Gasteiger partial charge in [-0.15, -0.1) is 0 Å². The van der Waals surface area contributed by atoms with E-state index in [1.165, 1.54) is 0 Å². The summed E-state index contributed by atoms with van der Waals surface area (Å²) in [6.45, 7) is 7.33. The number of benzene rings is 3. The molecule has 5 atom stereocenters. The van der Waals surface area contributed by atoms with Crippen molar-refractivity contribution in [1.29, 1.82) is 0 Å². The molecule has 0 radical (unpaired) electrons. The molecule has 0 aromatic heterocycles. The van der Waals surface area contributed by atoms with Crippen molar-refractivity contribution in [2.45, 2.75) is 82.1 Å². The zero-order valence-electron chi connectivity index (χ0n) is 29.2. The highest BCUT2D eigenvalue weighted by Crippen LogP contribution is 2.60. The maximum absolute atomic E-state index is 15.0. The molecule has 12 heteroatoms. The predicted octanol–water partition coefficient (Wildman–Crippen LogP) is 3.84. The summed E-state index contributed by atoms with van der Waals surface area (Å²) in [6, 6.07) is 20.8. The van der Waals surface area contributed by atoms with E-state index in [-0.39, 0.29) is 49.2 Å². The molecule has 0 bridgehead atoms. The SMILES string of the molecule is C[C@H]1[C@H]([Si](C)(C)O)[C@@H](CC(=O)N2Cc3ccccc3C[C@H]2CO)O[C@]12C(=O)N(Cc1ccc(N3CCC3=O)cc1)c1ccc(N3CCC3=O)cc12. The fourth-order valence-corrected chi connectivity index (χ4v) is 11.6. The number of carbonyl (C=O) groups is 4. The van der Waals surface area contributed by atoms with Crippen molar-refractivity contribution < 1.29 is 33.8 Å². The number of aliphatic hydroxyl groups is 1. The monoisotopic (exact) mass is 708 g/mol. The molecule has 266 valence electrons. The molecule has 11 nitrogen and oxygen atoms in total. The van der Waals surface area contributed by atoms with Crippen LogP contribution in [0.25, 0.3) is 0 Å². The molecule has 51 heavy (non-hydrogen) atoms. The van der Waals surface area contributed by atoms with E-state index in [1.807, 2.05) is 86.7 Å². The summed E-state index contributed by atoms with van der Waals surface area (Å²) in [4.78, 5) is 72.5. The van der Waals surface area contributed by atoms with E-state index in [0.29, 0.717) is 55.8 Å². The number of hydrogen-bond donors (Lipinski definition) is 2. The first-order valence-corrected chi connectivity index (χ1v) is 21.0. The van der Waals surface area contributed by atoms with Crippen LogP contribution in [0.5, 0.6) is 0 Å². The van der Waals surface area contributed by atoms with Crippen LogP contribution < -0.4 is 14.7 Å². The van der Waals surface area contributed by atoms with Crippen molar-refractivity contribution in [3.05, 3.63) is 89.0 Å². The van der Waals surface area contributed by atoms with Crippen LogP contribution >= 0.6 is 0 Å². The molecular weight excluding hydrogens is 665 g/mol. The third kappa shape index (κ3) is 5.42. The summed E-state index contributed by atoms with van der Waals surface area (Å²) < 4.78 is 6.99. The summed E-state index contributed by atoms with van der Waals surface area (Å²) >= 11 is 0. The van der Waals surface area contributed by atoms with Crippen LogP contribution in [-0.2, 0) is 49.0 Å². The molecule has 0 unspecified atom stereocenters. The number of anilines is 3. The minimum Gasteiger partial charge on any atom is -0.432 e. The van der Waals surface area contributed by atoms with Crippen LogP contribution in [0.15, 0.2) is 66.7 Å². The highest BCUT2D eigenvalue weighted by atomic mass is 28.4. The number of amides is 4. The number of rotatable bonds is 8. The van der Waals surface area contributed by atoms with Crippen molar-refractivity contribution in [2.24, 2.45) is 5.92 Å². The fraction of sp³-hybridized carbons (Fsp3) is 0.436. The van der Waals surface area contributed by atoms with Crippen molar-refractivity contribution in [3.63, 3.8) is 0 Å². The van der Waals surface area contributed by atoms with E-state index in [9.17, 15) is 24.3 Å². The largest absolute Gasteiger partial charge is 0.432 e. The zero-order valence-corrected chi connectivity index (χ0v) is 30.2. The number of fused-ring (bicyclic) bond motifs is 3. The van der Waals surface area contributed by atoms with Crippen LogP contribution in [0.1, 0.15) is 48.4 Å². The minimum absolute atomic E-state index is 0.0122. The molecule has 4 amide bonds. The fourth-order valence-electron chi connectivity index (χ4n) is 9.06. The molecule has 5 heterocycles. The Hall–Kier alpha value is -4.36. The lowest BCUT2D eigenvalue weighted by atomic mass is 9.82. The Balaban J connectivity index is 1.14. The summed E-state index contributed by atoms with van der Waals surface area (Å²) in [7, 11) is -3.07. The molecule has 1 spiro atoms. The standard InChI is InChI=1S/C39H44N4O7Si/c1-24-37(51(2,3)49)33(20-36(47)42-22-27-7-5-4-6-26(27)18-30(42)23-44)50-39(24)31-19-29(41-17-15-35(41)46)12-13-32(31)43(38(39)48)21-25-8-10-28(11-9-25)40-16-14-34(40)45/h4-13,19,24,30,33,37,44,49H,14-18,20-23H2,1-3H3/t24-,30-,33+,37-,39+/m0/s1. The Morgan fingerprint density at radius 1 is 0.922 bits per heavy atom. The number of ether oxygens (including phenoxy) is 1. The van der Waals surface area contributed by atoms with E-state index in [1.54, 1.807) is 19.6 Å². The molecule has 0 saturated carbocycles. The minimum atomic E-state index is -3.07. The normalized spacial score (nSPS) is 27.1. The van der Waals surface area contributed by atoms with Gasteiger partial charge in [0.25, 0.3) is 5.91 Å². The van der Waals surface area contributed by atoms with Crippen LogP contribution in [0.4, 0.5) is 17.1 Å². The molecule has 3 aromatic rings. The van der Waals surface area contributed by atoms with E-state index in [4.69, 9.17) is 4.74 Å². The average Bonchev–Trinajstić information content (AvgIpc) is 3.52. The van der Waals surface area contributed by atoms with E-state index < -0.39 is 31.5 Å². The van der Waals surface area contributed by atoms with Crippen LogP contribution in [0, 0.1) is 5.92 Å². The lowest BCUT2D eigenvalue weighted by molar-refractivity contribution is -0.151. The molecule has 5 aliphatic rings. The number of β-lactam (4-membered cyclic amide) rings is 2. The summed E-state index contributed by atoms with van der Waals surface area (Å²) in [5, 5.41) is 10.3. The van der Waals surface area contributed by atoms with Crippen LogP contribution in [-0.4, -0.2) is 78.6 Å². The quantitative estimate of drug-likeness (QED) is 0.269. The Bertz CT molecular complexity index is 1930. The Morgan fingerprint density at radius 3 is 2.18 bits per heavy atom. The van der Waals surface area contributed by atoms with Gasteiger partial charge in [-0.25, -0.2) is 0 Å². The maximum atomic E-state index is 15.0. The van der Waals surface area contributed by atoms with Crippen LogP contribution in [0.3, 0.4) is 0 Å². The van der Waals surface area contributed by atoms with Gasteiger partial charge in [-0.3, -0.25) is 19.2 Å². The second-order valence-electron chi connectivity index (χ2n) is 15.2. The summed E-state index contributed by atoms with van der Waals surface area (Å²) in [5.74, 6) is -0.844. The Kier molecular flexibility index (Phi) is 8.21. The van der Waals surface area contributed by atoms with Gasteiger partial charge in [0.15, 0.2) is 13.9 Å². The van der Waals surface area contributed by atoms with E-state index >= 15 is 4.79 Å². The Morgan fingerprint density at radius 2 is 1.57 bits per heavy atom. The summed E-state index contributed by atoms with van der Waals surface area (Å²) in [5.41, 5.74) is 3.88. The van der Waals surface area contributed by atoms with Crippen LogP contribution in [0.2, 0.25) is 18.6 Å². The topological polar surface area (TPSA) is 131 Å². The molecule has 3 fully saturated rings. The first-order chi connectivity index (χ1) is 24.4. The molecule has 2 N–H and O–H groups in total. The van der Waals surface area contributed by atoms with Crippen molar-refractivity contribution in [2.75, 3.05) is 34.4 Å². The maximum Gasteiger partial charge on any atom is 0.264 e. The third-order valence-corrected chi connectivity index (χ3v) is 14.3. The van der Waals surface area contributed by atoms with Gasteiger partial charge in [0, 0.05) is 60.9 Å². The number of nitrogens with zero attached hydrogens (tertiary/aromatic N) is 4. The zero-order chi connectivity index (χ0) is 35.8. The molecule has 3 aromatic carbocycles. The van der Waals surface area contributed by atoms with Gasteiger partial charge >= 0.3 is 0 Å². The van der Waals surface area contributed by atoms with Crippen molar-refractivity contribution >= 4 is 49.0 Å². The lowest BCUT2D eigenvalue weighted by Crippen LogP contribution is -2.48. The number of carbonyl (C=O) groups excluding carboxylic acids is 4. The highest BCUT2D eigenvalue weighted by Gasteiger charge is 2.66. The van der Waals surface area contributed by atoms with Crippen molar-refractivity contribution in [3.8, 4) is 0 Å². The third-order valence-electron chi connectivity index (χ3n) is 11.8. The highest BCUT2D eigenvalue weighted by molar-refractivity contribution is 6.71. The first kappa shape index (κ1) is 33.8. The second-order valence-corrected chi connectivity index (χ2v) is 19.2. The van der Waals surface area contributed by atoms with Crippen molar-refractivity contribution in [1.82, 2.24) is 4.90 Å². The smallest absolute Gasteiger partial charge is 0.264 e. The van der Waals surface area contributed by atoms with Gasteiger partial charge in [0.1, 0.15) is 0 Å². The summed E-state index contributed by atoms with van der Waals surface area (Å²) in [6.07, 6.45) is 0.750. The average molecular weight is 709 g/mol. The van der Waals surface area contributed by atoms with Gasteiger partial charge in [0.05, 0.1) is 37.4 Å².